The summed E-state index contributed by atoms with van der Waals surface area (Å²) in [6.07, 6.45) is 5.81. The molecule has 2 saturated heterocycles. The van der Waals surface area contributed by atoms with Crippen LogP contribution in [0.4, 0.5) is 0 Å². The van der Waals surface area contributed by atoms with Crippen molar-refractivity contribution in [1.82, 2.24) is 10.2 Å². The van der Waals surface area contributed by atoms with Gasteiger partial charge in [-0.2, -0.15) is 0 Å². The summed E-state index contributed by atoms with van der Waals surface area (Å²) in [6.45, 7) is 4.79. The minimum Gasteiger partial charge on any atom is -0.380 e. The van der Waals surface area contributed by atoms with Gasteiger partial charge in [-0.3, -0.25) is 4.90 Å². The van der Waals surface area contributed by atoms with Crippen LogP contribution in [0.2, 0.25) is 0 Å². The van der Waals surface area contributed by atoms with Gasteiger partial charge >= 0.3 is 0 Å². The first-order chi connectivity index (χ1) is 6.88. The Kier molecular flexibility index (Phi) is 3.79. The Hall–Kier alpha value is -0.120. The van der Waals surface area contributed by atoms with Crippen LogP contribution in [0.15, 0.2) is 0 Å². The van der Waals surface area contributed by atoms with Gasteiger partial charge in [0.25, 0.3) is 0 Å². The van der Waals surface area contributed by atoms with Crippen LogP contribution < -0.4 is 5.32 Å². The van der Waals surface area contributed by atoms with E-state index in [9.17, 15) is 0 Å². The third-order valence-electron chi connectivity index (χ3n) is 3.45. The average Bonchev–Trinajstić information content (AvgIpc) is 2.67. The third-order valence-corrected chi connectivity index (χ3v) is 3.45. The van der Waals surface area contributed by atoms with Crippen molar-refractivity contribution in [3.63, 3.8) is 0 Å². The molecule has 3 nitrogen and oxygen atoms in total. The molecular formula is C11H22N2O. The van der Waals surface area contributed by atoms with Crippen molar-refractivity contribution in [3.8, 4) is 0 Å². The zero-order chi connectivity index (χ0) is 9.80. The molecule has 0 radical (unpaired) electrons. The van der Waals surface area contributed by atoms with Gasteiger partial charge in [0.1, 0.15) is 0 Å². The third kappa shape index (κ3) is 2.69. The topological polar surface area (TPSA) is 24.5 Å². The first kappa shape index (κ1) is 10.4. The zero-order valence-corrected chi connectivity index (χ0v) is 9.17. The van der Waals surface area contributed by atoms with Gasteiger partial charge in [-0.25, -0.2) is 0 Å². The van der Waals surface area contributed by atoms with Gasteiger partial charge in [0.2, 0.25) is 0 Å². The van der Waals surface area contributed by atoms with Crippen LogP contribution in [0.1, 0.15) is 25.7 Å². The van der Waals surface area contributed by atoms with Crippen molar-refractivity contribution < 1.29 is 4.74 Å². The number of likely N-dealkylation sites (tertiary alicyclic amines) is 1. The number of piperidine rings is 1. The Bertz CT molecular complexity index is 169. The fourth-order valence-electron chi connectivity index (χ4n) is 2.55. The van der Waals surface area contributed by atoms with Gasteiger partial charge in [0.15, 0.2) is 0 Å². The van der Waals surface area contributed by atoms with Crippen LogP contribution in [0.25, 0.3) is 0 Å². The SMILES string of the molecule is COC1CCN(C[C@H]2CCCCN2)C1. The van der Waals surface area contributed by atoms with Gasteiger partial charge in [-0.1, -0.05) is 6.42 Å². The highest BCUT2D eigenvalue weighted by molar-refractivity contribution is 4.81. The number of rotatable bonds is 3. The standard InChI is InChI=1S/C11H22N2O/c1-14-11-5-7-13(9-11)8-10-4-2-3-6-12-10/h10-12H,2-9H2,1H3/t10-,11?/m1/s1. The molecule has 0 amide bonds. The maximum Gasteiger partial charge on any atom is 0.0710 e. The first-order valence-electron chi connectivity index (χ1n) is 5.87. The van der Waals surface area contributed by atoms with Crippen molar-refractivity contribution in [1.29, 1.82) is 0 Å². The molecule has 82 valence electrons. The van der Waals surface area contributed by atoms with E-state index in [2.05, 4.69) is 10.2 Å². The van der Waals surface area contributed by atoms with E-state index in [4.69, 9.17) is 4.74 Å². The van der Waals surface area contributed by atoms with Crippen LogP contribution in [0.3, 0.4) is 0 Å². The van der Waals surface area contributed by atoms with E-state index >= 15 is 0 Å². The maximum absolute atomic E-state index is 5.37. The molecule has 0 bridgehead atoms. The Balaban J connectivity index is 1.69. The molecule has 0 spiro atoms. The quantitative estimate of drug-likeness (QED) is 0.727. The lowest BCUT2D eigenvalue weighted by molar-refractivity contribution is 0.106. The van der Waals surface area contributed by atoms with E-state index in [0.29, 0.717) is 6.10 Å². The Morgan fingerprint density at radius 1 is 1.36 bits per heavy atom. The van der Waals surface area contributed by atoms with Crippen LogP contribution in [-0.4, -0.2) is 50.3 Å². The van der Waals surface area contributed by atoms with Crippen molar-refractivity contribution in [3.05, 3.63) is 0 Å². The predicted octanol–water partition coefficient (Wildman–Crippen LogP) is 0.849. The molecule has 2 aliphatic heterocycles. The average molecular weight is 198 g/mol. The number of nitrogens with one attached hydrogen (secondary N) is 1. The molecule has 0 aromatic carbocycles. The van der Waals surface area contributed by atoms with Crippen molar-refractivity contribution in [2.75, 3.05) is 33.3 Å². The molecule has 0 saturated carbocycles. The Morgan fingerprint density at radius 3 is 2.93 bits per heavy atom. The molecule has 2 heterocycles. The van der Waals surface area contributed by atoms with E-state index in [0.717, 1.165) is 12.6 Å². The number of ether oxygens (including phenoxy) is 1. The van der Waals surface area contributed by atoms with Crippen molar-refractivity contribution in [2.45, 2.75) is 37.8 Å². The molecular weight excluding hydrogens is 176 g/mol. The number of nitrogens with zero attached hydrogens (tertiary/aromatic N) is 1. The summed E-state index contributed by atoms with van der Waals surface area (Å²) in [5.41, 5.74) is 0. The van der Waals surface area contributed by atoms with Crippen LogP contribution in [0.5, 0.6) is 0 Å². The molecule has 14 heavy (non-hydrogen) atoms. The molecule has 1 unspecified atom stereocenters. The summed E-state index contributed by atoms with van der Waals surface area (Å²) >= 11 is 0. The normalized spacial score (nSPS) is 34.9. The Labute approximate surface area is 86.8 Å². The summed E-state index contributed by atoms with van der Waals surface area (Å²) in [6, 6.07) is 0.736. The second-order valence-electron chi connectivity index (χ2n) is 4.55. The van der Waals surface area contributed by atoms with Gasteiger partial charge in [0.05, 0.1) is 6.10 Å². The molecule has 2 fully saturated rings. The highest BCUT2D eigenvalue weighted by Crippen LogP contribution is 2.14. The molecule has 2 aliphatic rings. The first-order valence-corrected chi connectivity index (χ1v) is 5.87. The summed E-state index contributed by atoms with van der Waals surface area (Å²) < 4.78 is 5.37. The lowest BCUT2D eigenvalue weighted by Gasteiger charge is -2.27. The summed E-state index contributed by atoms with van der Waals surface area (Å²) in [5.74, 6) is 0. The lowest BCUT2D eigenvalue weighted by Crippen LogP contribution is -2.43. The van der Waals surface area contributed by atoms with Crippen molar-refractivity contribution in [2.24, 2.45) is 0 Å². The van der Waals surface area contributed by atoms with Gasteiger partial charge in [-0.15, -0.1) is 0 Å². The van der Waals surface area contributed by atoms with E-state index in [-0.39, 0.29) is 0 Å². The highest BCUT2D eigenvalue weighted by atomic mass is 16.5. The molecule has 3 heteroatoms. The smallest absolute Gasteiger partial charge is 0.0710 e. The van der Waals surface area contributed by atoms with Gasteiger partial charge in [0, 0.05) is 32.8 Å². The molecule has 0 aromatic rings. The van der Waals surface area contributed by atoms with Crippen LogP contribution in [0, 0.1) is 0 Å². The van der Waals surface area contributed by atoms with E-state index in [1.165, 1.54) is 45.3 Å². The highest BCUT2D eigenvalue weighted by Gasteiger charge is 2.24. The molecule has 0 aliphatic carbocycles. The minimum atomic E-state index is 0.485. The second-order valence-corrected chi connectivity index (χ2v) is 4.55. The second kappa shape index (κ2) is 5.10. The molecule has 0 aromatic heterocycles. The zero-order valence-electron chi connectivity index (χ0n) is 9.17. The predicted molar refractivity (Wildman–Crippen MR) is 57.5 cm³/mol. The number of hydrogen-bond donors (Lipinski definition) is 1. The van der Waals surface area contributed by atoms with Gasteiger partial charge in [-0.05, 0) is 25.8 Å². The minimum absolute atomic E-state index is 0.485. The maximum atomic E-state index is 5.37. The van der Waals surface area contributed by atoms with Crippen molar-refractivity contribution >= 4 is 0 Å². The van der Waals surface area contributed by atoms with Crippen LogP contribution in [-0.2, 0) is 4.74 Å². The summed E-state index contributed by atoms with van der Waals surface area (Å²) in [4.78, 5) is 2.54. The Morgan fingerprint density at radius 2 is 2.29 bits per heavy atom. The summed E-state index contributed by atoms with van der Waals surface area (Å²) in [7, 11) is 1.83. The van der Waals surface area contributed by atoms with Gasteiger partial charge < -0.3 is 10.1 Å². The summed E-state index contributed by atoms with van der Waals surface area (Å²) in [5, 5.41) is 3.60. The monoisotopic (exact) mass is 198 g/mol. The lowest BCUT2D eigenvalue weighted by atomic mass is 10.0. The van der Waals surface area contributed by atoms with E-state index in [1.54, 1.807) is 0 Å². The molecule has 2 atom stereocenters. The number of hydrogen-bond acceptors (Lipinski definition) is 3. The fraction of sp³-hybridized carbons (Fsp3) is 1.00. The van der Waals surface area contributed by atoms with E-state index in [1.807, 2.05) is 7.11 Å². The number of methoxy groups -OCH3 is 1. The van der Waals surface area contributed by atoms with E-state index < -0.39 is 0 Å². The van der Waals surface area contributed by atoms with Crippen LogP contribution >= 0.6 is 0 Å². The molecule has 2 rings (SSSR count). The molecule has 1 N–H and O–H groups in total. The largest absolute Gasteiger partial charge is 0.380 e. The fourth-order valence-corrected chi connectivity index (χ4v) is 2.55.